The fourth-order valence-electron chi connectivity index (χ4n) is 2.59. The van der Waals surface area contributed by atoms with E-state index in [1.807, 2.05) is 24.3 Å². The second kappa shape index (κ2) is 5.88. The van der Waals surface area contributed by atoms with Crippen LogP contribution in [0.4, 0.5) is 5.69 Å². The molecule has 1 aromatic heterocycles. The number of fused-ring (bicyclic) bond motifs is 1. The van der Waals surface area contributed by atoms with E-state index in [-0.39, 0.29) is 11.5 Å². The first-order chi connectivity index (χ1) is 11.1. The molecule has 1 N–H and O–H groups in total. The lowest BCUT2D eigenvalue weighted by Gasteiger charge is -2.02. The molecular formula is C18H14N2O3. The number of H-pyrrole nitrogens is 1. The van der Waals surface area contributed by atoms with E-state index in [1.165, 1.54) is 19.1 Å². The maximum atomic E-state index is 11.3. The van der Waals surface area contributed by atoms with Gasteiger partial charge in [-0.05, 0) is 31.2 Å². The van der Waals surface area contributed by atoms with E-state index in [0.29, 0.717) is 11.3 Å². The van der Waals surface area contributed by atoms with Gasteiger partial charge in [0.15, 0.2) is 5.78 Å². The minimum atomic E-state index is -0.403. The Kier molecular flexibility index (Phi) is 3.76. The highest BCUT2D eigenvalue weighted by Gasteiger charge is 2.19. The third kappa shape index (κ3) is 2.76. The normalized spacial score (nSPS) is 11.2. The largest absolute Gasteiger partial charge is 0.354 e. The van der Waals surface area contributed by atoms with Crippen LogP contribution in [0.15, 0.2) is 54.6 Å². The van der Waals surface area contributed by atoms with Gasteiger partial charge in [0.05, 0.1) is 16.2 Å². The van der Waals surface area contributed by atoms with Crippen molar-refractivity contribution in [3.05, 3.63) is 70.3 Å². The number of para-hydroxylation sites is 2. The molecule has 3 aromatic rings. The Morgan fingerprint density at radius 2 is 1.83 bits per heavy atom. The Morgan fingerprint density at radius 1 is 1.13 bits per heavy atom. The Balaban J connectivity index is 2.31. The lowest BCUT2D eigenvalue weighted by Crippen LogP contribution is -1.92. The highest BCUT2D eigenvalue weighted by molar-refractivity contribution is 6.01. The molecule has 0 fully saturated rings. The number of aromatic amines is 1. The van der Waals surface area contributed by atoms with Gasteiger partial charge in [-0.3, -0.25) is 14.9 Å². The number of nitrogens with one attached hydrogen (secondary N) is 1. The zero-order chi connectivity index (χ0) is 16.4. The molecule has 0 spiro atoms. The topological polar surface area (TPSA) is 76.0 Å². The molecule has 0 aliphatic carbocycles. The van der Waals surface area contributed by atoms with Crippen LogP contribution in [0, 0.1) is 10.1 Å². The Labute approximate surface area is 132 Å². The third-order valence-electron chi connectivity index (χ3n) is 3.60. The number of nitro benzene ring substituents is 1. The highest BCUT2D eigenvalue weighted by atomic mass is 16.6. The average Bonchev–Trinajstić information content (AvgIpc) is 2.91. The zero-order valence-electron chi connectivity index (χ0n) is 12.4. The van der Waals surface area contributed by atoms with Crippen molar-refractivity contribution in [2.75, 3.05) is 0 Å². The van der Waals surface area contributed by atoms with Crippen molar-refractivity contribution < 1.29 is 9.72 Å². The molecule has 0 unspecified atom stereocenters. The van der Waals surface area contributed by atoms with Gasteiger partial charge in [-0.15, -0.1) is 0 Å². The molecule has 0 saturated heterocycles. The van der Waals surface area contributed by atoms with Crippen molar-refractivity contribution in [1.82, 2.24) is 4.98 Å². The maximum Gasteiger partial charge on any atom is 0.278 e. The number of nitrogens with zero attached hydrogens (tertiary/aromatic N) is 1. The zero-order valence-corrected chi connectivity index (χ0v) is 12.4. The van der Waals surface area contributed by atoms with E-state index < -0.39 is 4.92 Å². The number of aromatic nitrogens is 1. The minimum absolute atomic E-state index is 0.0246. The molecule has 5 nitrogen and oxygen atoms in total. The molecule has 2 aromatic carbocycles. The van der Waals surface area contributed by atoms with E-state index in [9.17, 15) is 14.9 Å². The lowest BCUT2D eigenvalue weighted by molar-refractivity contribution is -0.384. The van der Waals surface area contributed by atoms with E-state index >= 15 is 0 Å². The van der Waals surface area contributed by atoms with Crippen molar-refractivity contribution in [3.63, 3.8) is 0 Å². The van der Waals surface area contributed by atoms with Gasteiger partial charge in [-0.25, -0.2) is 0 Å². The summed E-state index contributed by atoms with van der Waals surface area (Å²) in [6.07, 6.45) is 3.17. The summed E-state index contributed by atoms with van der Waals surface area (Å²) in [5, 5.41) is 12.2. The van der Waals surface area contributed by atoms with Crippen LogP contribution in [-0.4, -0.2) is 15.7 Å². The molecule has 3 rings (SSSR count). The summed E-state index contributed by atoms with van der Waals surface area (Å²) in [5.41, 5.74) is 2.79. The smallest absolute Gasteiger partial charge is 0.278 e. The first-order valence-corrected chi connectivity index (χ1v) is 7.11. The molecule has 1 heterocycles. The van der Waals surface area contributed by atoms with E-state index in [4.69, 9.17) is 0 Å². The van der Waals surface area contributed by atoms with Crippen LogP contribution >= 0.6 is 0 Å². The Hall–Kier alpha value is -3.21. The van der Waals surface area contributed by atoms with Gasteiger partial charge >= 0.3 is 0 Å². The predicted molar refractivity (Wildman–Crippen MR) is 90.1 cm³/mol. The number of rotatable bonds is 4. The Morgan fingerprint density at radius 3 is 2.57 bits per heavy atom. The standard InChI is InChI=1S/C18H14N2O3/c1-12(21)10-11-14-13-6-2-4-8-16(13)19-18(14)15-7-3-5-9-17(15)20(22)23/h2-11,19H,1H3/b11-10+. The van der Waals surface area contributed by atoms with Gasteiger partial charge in [-0.1, -0.05) is 30.3 Å². The van der Waals surface area contributed by atoms with Crippen LogP contribution in [0.2, 0.25) is 0 Å². The fraction of sp³-hybridized carbons (Fsp3) is 0.0556. The summed E-state index contributed by atoms with van der Waals surface area (Å²) in [7, 11) is 0. The predicted octanol–water partition coefficient (Wildman–Crippen LogP) is 4.35. The molecule has 0 radical (unpaired) electrons. The number of benzene rings is 2. The van der Waals surface area contributed by atoms with Gasteiger partial charge in [0.2, 0.25) is 0 Å². The van der Waals surface area contributed by atoms with E-state index in [2.05, 4.69) is 4.98 Å². The van der Waals surface area contributed by atoms with Crippen LogP contribution in [-0.2, 0) is 4.79 Å². The second-order valence-electron chi connectivity index (χ2n) is 5.18. The summed E-state index contributed by atoms with van der Waals surface area (Å²) < 4.78 is 0. The number of ketones is 1. The average molecular weight is 306 g/mol. The molecular weight excluding hydrogens is 292 g/mol. The molecule has 0 amide bonds. The SMILES string of the molecule is CC(=O)/C=C/c1c(-c2ccccc2[N+](=O)[O-])[nH]c2ccccc12. The summed E-state index contributed by atoms with van der Waals surface area (Å²) in [6, 6.07) is 14.2. The Bertz CT molecular complexity index is 938. The van der Waals surface area contributed by atoms with Gasteiger partial charge < -0.3 is 4.98 Å². The van der Waals surface area contributed by atoms with Gasteiger partial charge in [0.25, 0.3) is 5.69 Å². The van der Waals surface area contributed by atoms with Crippen LogP contribution in [0.1, 0.15) is 12.5 Å². The lowest BCUT2D eigenvalue weighted by atomic mass is 10.0. The second-order valence-corrected chi connectivity index (χ2v) is 5.18. The minimum Gasteiger partial charge on any atom is -0.354 e. The van der Waals surface area contributed by atoms with Crippen molar-refractivity contribution in [2.45, 2.75) is 6.92 Å². The molecule has 5 heteroatoms. The van der Waals surface area contributed by atoms with Gasteiger partial charge in [0, 0.05) is 22.5 Å². The molecule has 0 saturated carbocycles. The number of nitro groups is 1. The van der Waals surface area contributed by atoms with Crippen LogP contribution in [0.3, 0.4) is 0 Å². The first kappa shape index (κ1) is 14.7. The van der Waals surface area contributed by atoms with Crippen molar-refractivity contribution >= 4 is 28.4 Å². The molecule has 114 valence electrons. The monoisotopic (exact) mass is 306 g/mol. The highest BCUT2D eigenvalue weighted by Crippen LogP contribution is 2.36. The molecule has 0 atom stereocenters. The van der Waals surface area contributed by atoms with E-state index in [0.717, 1.165) is 16.5 Å². The van der Waals surface area contributed by atoms with Crippen molar-refractivity contribution in [3.8, 4) is 11.3 Å². The summed E-state index contributed by atoms with van der Waals surface area (Å²) >= 11 is 0. The van der Waals surface area contributed by atoms with Crippen LogP contribution < -0.4 is 0 Å². The number of carbonyl (C=O) groups excluding carboxylic acids is 1. The molecule has 0 aliphatic rings. The fourth-order valence-corrected chi connectivity index (χ4v) is 2.59. The number of allylic oxidation sites excluding steroid dienone is 1. The third-order valence-corrected chi connectivity index (χ3v) is 3.60. The van der Waals surface area contributed by atoms with Gasteiger partial charge in [-0.2, -0.15) is 0 Å². The number of carbonyl (C=O) groups is 1. The maximum absolute atomic E-state index is 11.3. The molecule has 0 aliphatic heterocycles. The summed E-state index contributed by atoms with van der Waals surface area (Å²) in [4.78, 5) is 25.4. The summed E-state index contributed by atoms with van der Waals surface area (Å²) in [6.45, 7) is 1.47. The van der Waals surface area contributed by atoms with Crippen molar-refractivity contribution in [2.24, 2.45) is 0 Å². The molecule has 23 heavy (non-hydrogen) atoms. The number of hydrogen-bond donors (Lipinski definition) is 1. The molecule has 0 bridgehead atoms. The number of hydrogen-bond acceptors (Lipinski definition) is 3. The van der Waals surface area contributed by atoms with E-state index in [1.54, 1.807) is 24.3 Å². The van der Waals surface area contributed by atoms with Crippen LogP contribution in [0.25, 0.3) is 28.2 Å². The van der Waals surface area contributed by atoms with Crippen LogP contribution in [0.5, 0.6) is 0 Å². The quantitative estimate of drug-likeness (QED) is 0.442. The first-order valence-electron chi connectivity index (χ1n) is 7.11. The van der Waals surface area contributed by atoms with Gasteiger partial charge in [0.1, 0.15) is 0 Å². The summed E-state index contributed by atoms with van der Waals surface area (Å²) in [5.74, 6) is -0.0798. The van der Waals surface area contributed by atoms with Crippen molar-refractivity contribution in [1.29, 1.82) is 0 Å².